The van der Waals surface area contributed by atoms with E-state index >= 15 is 0 Å². The zero-order valence-electron chi connectivity index (χ0n) is 15.0. The molecule has 0 aliphatic heterocycles. The summed E-state index contributed by atoms with van der Waals surface area (Å²) in [6, 6.07) is 11.8. The smallest absolute Gasteiger partial charge is 0.341 e. The van der Waals surface area contributed by atoms with Gasteiger partial charge in [-0.25, -0.2) is 9.18 Å². The van der Waals surface area contributed by atoms with Gasteiger partial charge in [0.05, 0.1) is 28.2 Å². The van der Waals surface area contributed by atoms with Crippen LogP contribution in [-0.2, 0) is 6.54 Å². The van der Waals surface area contributed by atoms with E-state index in [1.807, 2.05) is 6.07 Å². The summed E-state index contributed by atoms with van der Waals surface area (Å²) >= 11 is 11.9. The summed E-state index contributed by atoms with van der Waals surface area (Å²) in [6.07, 6.45) is 0. The maximum Gasteiger partial charge on any atom is 0.341 e. The summed E-state index contributed by atoms with van der Waals surface area (Å²) in [7, 11) is 0. The Kier molecular flexibility index (Phi) is 5.73. The van der Waals surface area contributed by atoms with Gasteiger partial charge in [0.25, 0.3) is 5.56 Å². The monoisotopic (exact) mass is 430 g/mol. The number of carboxylic acids is 1. The van der Waals surface area contributed by atoms with Crippen LogP contribution in [0.3, 0.4) is 0 Å². The third-order valence-corrected chi connectivity index (χ3v) is 5.20. The normalized spacial score (nSPS) is 10.6. The van der Waals surface area contributed by atoms with Gasteiger partial charge < -0.3 is 9.67 Å². The van der Waals surface area contributed by atoms with Crippen molar-refractivity contribution in [3.05, 3.63) is 91.1 Å². The highest BCUT2D eigenvalue weighted by atomic mass is 35.5. The molecular formula is C21H13Cl2FN2O3. The number of hydrogen-bond acceptors (Lipinski definition) is 3. The standard InChI is InChI=1S/C21H13Cl2FN2O3/c1-11-6-15(13-4-5-16(22)17(23)8-13)19(21(28)29)20(27)26(11)10-14-3-2-12(9-25)7-18(14)24/h2-8H,10H2,1H3,(H,28,29). The fourth-order valence-electron chi connectivity index (χ4n) is 2.98. The average Bonchev–Trinajstić information content (AvgIpc) is 2.67. The molecule has 0 spiro atoms. The van der Waals surface area contributed by atoms with E-state index in [2.05, 4.69) is 0 Å². The van der Waals surface area contributed by atoms with Gasteiger partial charge in [-0.2, -0.15) is 5.26 Å². The molecule has 1 N–H and O–H groups in total. The summed E-state index contributed by atoms with van der Waals surface area (Å²) in [6.45, 7) is 1.44. The lowest BCUT2D eigenvalue weighted by molar-refractivity contribution is 0.0695. The van der Waals surface area contributed by atoms with Gasteiger partial charge in [-0.1, -0.05) is 35.3 Å². The molecule has 1 heterocycles. The van der Waals surface area contributed by atoms with E-state index in [0.29, 0.717) is 16.3 Å². The molecule has 0 unspecified atom stereocenters. The van der Waals surface area contributed by atoms with Gasteiger partial charge in [0, 0.05) is 16.8 Å². The molecule has 5 nitrogen and oxygen atoms in total. The van der Waals surface area contributed by atoms with Gasteiger partial charge in [0.2, 0.25) is 0 Å². The number of pyridine rings is 1. The van der Waals surface area contributed by atoms with Crippen LogP contribution in [-0.4, -0.2) is 15.6 Å². The number of nitrogens with zero attached hydrogens (tertiary/aromatic N) is 2. The SMILES string of the molecule is Cc1cc(-c2ccc(Cl)c(Cl)c2)c(C(=O)O)c(=O)n1Cc1ccc(C#N)cc1F. The quantitative estimate of drug-likeness (QED) is 0.638. The molecule has 3 aromatic rings. The van der Waals surface area contributed by atoms with E-state index in [4.69, 9.17) is 28.5 Å². The van der Waals surface area contributed by atoms with Crippen molar-refractivity contribution in [2.75, 3.05) is 0 Å². The summed E-state index contributed by atoms with van der Waals surface area (Å²) in [4.78, 5) is 24.8. The van der Waals surface area contributed by atoms with Crippen LogP contribution in [0.1, 0.15) is 27.2 Å². The second-order valence-electron chi connectivity index (χ2n) is 6.32. The lowest BCUT2D eigenvalue weighted by atomic mass is 10.00. The predicted octanol–water partition coefficient (Wildman–Crippen LogP) is 4.89. The first-order valence-corrected chi connectivity index (χ1v) is 9.10. The number of benzene rings is 2. The minimum absolute atomic E-state index is 0.150. The van der Waals surface area contributed by atoms with E-state index in [9.17, 15) is 19.1 Å². The van der Waals surface area contributed by atoms with Crippen LogP contribution in [0.5, 0.6) is 0 Å². The minimum Gasteiger partial charge on any atom is -0.477 e. The molecule has 0 saturated heterocycles. The van der Waals surface area contributed by atoms with Crippen LogP contribution in [0.25, 0.3) is 11.1 Å². The van der Waals surface area contributed by atoms with Crippen molar-refractivity contribution in [3.8, 4) is 17.2 Å². The molecular weight excluding hydrogens is 418 g/mol. The van der Waals surface area contributed by atoms with Crippen LogP contribution >= 0.6 is 23.2 Å². The Balaban J connectivity index is 2.17. The molecule has 2 aromatic carbocycles. The van der Waals surface area contributed by atoms with Gasteiger partial charge in [0.15, 0.2) is 0 Å². The van der Waals surface area contributed by atoms with Crippen molar-refractivity contribution in [2.24, 2.45) is 0 Å². The molecule has 0 amide bonds. The van der Waals surface area contributed by atoms with Gasteiger partial charge in [-0.3, -0.25) is 4.79 Å². The molecule has 29 heavy (non-hydrogen) atoms. The summed E-state index contributed by atoms with van der Waals surface area (Å²) < 4.78 is 15.4. The molecule has 0 fully saturated rings. The predicted molar refractivity (Wildman–Crippen MR) is 108 cm³/mol. The summed E-state index contributed by atoms with van der Waals surface area (Å²) in [5.74, 6) is -2.06. The summed E-state index contributed by atoms with van der Waals surface area (Å²) in [5, 5.41) is 19.0. The second kappa shape index (κ2) is 8.08. The number of rotatable bonds is 4. The zero-order chi connectivity index (χ0) is 21.3. The van der Waals surface area contributed by atoms with Crippen LogP contribution in [0, 0.1) is 24.1 Å². The molecule has 0 aliphatic rings. The fraction of sp³-hybridized carbons (Fsp3) is 0.0952. The third-order valence-electron chi connectivity index (χ3n) is 4.46. The second-order valence-corrected chi connectivity index (χ2v) is 7.13. The molecule has 0 saturated carbocycles. The first kappa shape index (κ1) is 20.6. The van der Waals surface area contributed by atoms with Gasteiger partial charge in [0.1, 0.15) is 11.4 Å². The number of nitriles is 1. The number of carboxylic acid groups (broad SMARTS) is 1. The van der Waals surface area contributed by atoms with Crippen molar-refractivity contribution in [2.45, 2.75) is 13.5 Å². The lowest BCUT2D eigenvalue weighted by Crippen LogP contribution is -2.29. The highest BCUT2D eigenvalue weighted by Gasteiger charge is 2.21. The van der Waals surface area contributed by atoms with Crippen molar-refractivity contribution in [1.82, 2.24) is 4.57 Å². The first-order chi connectivity index (χ1) is 13.7. The Bertz CT molecular complexity index is 1250. The molecule has 0 aliphatic carbocycles. The fourth-order valence-corrected chi connectivity index (χ4v) is 3.28. The molecule has 0 bridgehead atoms. The highest BCUT2D eigenvalue weighted by Crippen LogP contribution is 2.30. The van der Waals surface area contributed by atoms with Gasteiger partial charge in [-0.15, -0.1) is 0 Å². The molecule has 3 rings (SSSR count). The largest absolute Gasteiger partial charge is 0.477 e. The molecule has 0 atom stereocenters. The topological polar surface area (TPSA) is 83.1 Å². The first-order valence-electron chi connectivity index (χ1n) is 8.34. The van der Waals surface area contributed by atoms with Crippen molar-refractivity contribution >= 4 is 29.2 Å². The number of aromatic nitrogens is 1. The van der Waals surface area contributed by atoms with Crippen LogP contribution in [0.2, 0.25) is 10.0 Å². The Hall–Kier alpha value is -3.14. The van der Waals surface area contributed by atoms with Crippen molar-refractivity contribution < 1.29 is 14.3 Å². The van der Waals surface area contributed by atoms with Crippen molar-refractivity contribution in [3.63, 3.8) is 0 Å². The lowest BCUT2D eigenvalue weighted by Gasteiger charge is -2.15. The highest BCUT2D eigenvalue weighted by molar-refractivity contribution is 6.42. The number of aromatic carboxylic acids is 1. The van der Waals surface area contributed by atoms with Crippen LogP contribution in [0.4, 0.5) is 4.39 Å². The van der Waals surface area contributed by atoms with E-state index in [0.717, 1.165) is 6.07 Å². The van der Waals surface area contributed by atoms with E-state index < -0.39 is 22.9 Å². The Morgan fingerprint density at radius 1 is 1.17 bits per heavy atom. The van der Waals surface area contributed by atoms with E-state index in [1.165, 1.54) is 34.9 Å². The molecule has 146 valence electrons. The Morgan fingerprint density at radius 2 is 1.90 bits per heavy atom. The minimum atomic E-state index is -1.41. The third kappa shape index (κ3) is 4.02. The van der Waals surface area contributed by atoms with Crippen LogP contribution in [0.15, 0.2) is 47.3 Å². The molecule has 1 aromatic heterocycles. The van der Waals surface area contributed by atoms with Crippen molar-refractivity contribution in [1.29, 1.82) is 5.26 Å². The number of halogens is 3. The van der Waals surface area contributed by atoms with E-state index in [-0.39, 0.29) is 28.3 Å². The molecule has 8 heteroatoms. The Labute approximate surface area is 175 Å². The van der Waals surface area contributed by atoms with E-state index in [1.54, 1.807) is 13.0 Å². The maximum absolute atomic E-state index is 14.3. The number of hydrogen-bond donors (Lipinski definition) is 1. The van der Waals surface area contributed by atoms with Gasteiger partial charge in [-0.05, 0) is 42.8 Å². The number of carbonyl (C=O) groups is 1. The zero-order valence-corrected chi connectivity index (χ0v) is 16.6. The summed E-state index contributed by atoms with van der Waals surface area (Å²) in [5.41, 5.74) is 0.128. The molecule has 0 radical (unpaired) electrons. The van der Waals surface area contributed by atoms with Gasteiger partial charge >= 0.3 is 5.97 Å². The Morgan fingerprint density at radius 3 is 2.48 bits per heavy atom. The maximum atomic E-state index is 14.3. The van der Waals surface area contributed by atoms with Crippen LogP contribution < -0.4 is 5.56 Å². The average molecular weight is 431 g/mol. The number of aryl methyl sites for hydroxylation is 1.